The molecule has 0 spiro atoms. The van der Waals surface area contributed by atoms with E-state index in [1.807, 2.05) is 42.5 Å². The molecule has 0 aliphatic carbocycles. The average Bonchev–Trinajstić information content (AvgIpc) is 2.62. The van der Waals surface area contributed by atoms with Gasteiger partial charge in [-0.3, -0.25) is 4.79 Å². The van der Waals surface area contributed by atoms with Crippen molar-refractivity contribution in [2.24, 2.45) is 10.9 Å². The molecule has 2 aromatic carbocycles. The molecule has 0 unspecified atom stereocenters. The van der Waals surface area contributed by atoms with Gasteiger partial charge in [0.1, 0.15) is 5.69 Å². The SMILES string of the molecule is NN=C(Cc1nnc(-c2ccccc2N)[nH]c1=O)c1ccccc1. The molecule has 24 heavy (non-hydrogen) atoms. The van der Waals surface area contributed by atoms with Crippen molar-refractivity contribution in [3.05, 3.63) is 76.2 Å². The molecule has 0 amide bonds. The number of nitrogens with two attached hydrogens (primary N) is 2. The number of nitrogens with zero attached hydrogens (tertiary/aromatic N) is 3. The predicted molar refractivity (Wildman–Crippen MR) is 93.4 cm³/mol. The van der Waals surface area contributed by atoms with E-state index >= 15 is 0 Å². The summed E-state index contributed by atoms with van der Waals surface area (Å²) in [4.78, 5) is 15.0. The van der Waals surface area contributed by atoms with E-state index in [0.717, 1.165) is 5.56 Å². The van der Waals surface area contributed by atoms with Crippen molar-refractivity contribution >= 4 is 11.4 Å². The van der Waals surface area contributed by atoms with E-state index < -0.39 is 0 Å². The van der Waals surface area contributed by atoms with Gasteiger partial charge in [0.25, 0.3) is 5.56 Å². The second kappa shape index (κ2) is 6.74. The Balaban J connectivity index is 1.91. The normalized spacial score (nSPS) is 11.4. The lowest BCUT2D eigenvalue weighted by atomic mass is 10.1. The number of hydrazone groups is 1. The number of hydrogen-bond acceptors (Lipinski definition) is 6. The van der Waals surface area contributed by atoms with Crippen LogP contribution in [-0.2, 0) is 6.42 Å². The highest BCUT2D eigenvalue weighted by molar-refractivity contribution is 6.01. The summed E-state index contributed by atoms with van der Waals surface area (Å²) in [6, 6.07) is 16.5. The fourth-order valence-electron chi connectivity index (χ4n) is 2.32. The average molecular weight is 320 g/mol. The minimum absolute atomic E-state index is 0.188. The maximum Gasteiger partial charge on any atom is 0.273 e. The summed E-state index contributed by atoms with van der Waals surface area (Å²) < 4.78 is 0. The molecule has 7 nitrogen and oxygen atoms in total. The van der Waals surface area contributed by atoms with Gasteiger partial charge in [-0.1, -0.05) is 42.5 Å². The minimum Gasteiger partial charge on any atom is -0.398 e. The Labute approximate surface area is 138 Å². The number of nitrogen functional groups attached to an aromatic ring is 1. The van der Waals surface area contributed by atoms with Gasteiger partial charge in [-0.15, -0.1) is 10.2 Å². The Morgan fingerprint density at radius 2 is 1.75 bits per heavy atom. The molecule has 3 aromatic rings. The van der Waals surface area contributed by atoms with E-state index in [-0.39, 0.29) is 17.7 Å². The number of rotatable bonds is 4. The van der Waals surface area contributed by atoms with E-state index in [1.165, 1.54) is 0 Å². The zero-order chi connectivity index (χ0) is 16.9. The molecule has 120 valence electrons. The van der Waals surface area contributed by atoms with E-state index in [4.69, 9.17) is 11.6 Å². The number of benzene rings is 2. The van der Waals surface area contributed by atoms with Crippen molar-refractivity contribution < 1.29 is 0 Å². The number of anilines is 1. The van der Waals surface area contributed by atoms with Gasteiger partial charge >= 0.3 is 0 Å². The highest BCUT2D eigenvalue weighted by Gasteiger charge is 2.12. The van der Waals surface area contributed by atoms with Crippen LogP contribution in [0.2, 0.25) is 0 Å². The molecule has 0 aliphatic rings. The van der Waals surface area contributed by atoms with Crippen LogP contribution in [0.3, 0.4) is 0 Å². The second-order valence-electron chi connectivity index (χ2n) is 5.16. The van der Waals surface area contributed by atoms with Crippen LogP contribution in [0.1, 0.15) is 11.3 Å². The second-order valence-corrected chi connectivity index (χ2v) is 5.16. The molecule has 0 aliphatic heterocycles. The highest BCUT2D eigenvalue weighted by atomic mass is 16.1. The Hall–Kier alpha value is -3.48. The molecule has 0 fully saturated rings. The van der Waals surface area contributed by atoms with Crippen LogP contribution in [0.25, 0.3) is 11.4 Å². The molecule has 0 bridgehead atoms. The molecule has 3 rings (SSSR count). The lowest BCUT2D eigenvalue weighted by Crippen LogP contribution is -2.22. The predicted octanol–water partition coefficient (Wildman–Crippen LogP) is 1.32. The van der Waals surface area contributed by atoms with Gasteiger partial charge in [0.2, 0.25) is 0 Å². The van der Waals surface area contributed by atoms with Crippen molar-refractivity contribution in [3.63, 3.8) is 0 Å². The van der Waals surface area contributed by atoms with E-state index in [1.54, 1.807) is 12.1 Å². The number of hydrogen-bond donors (Lipinski definition) is 3. The van der Waals surface area contributed by atoms with Gasteiger partial charge in [-0.2, -0.15) is 5.10 Å². The smallest absolute Gasteiger partial charge is 0.273 e. The van der Waals surface area contributed by atoms with Crippen molar-refractivity contribution in [2.75, 3.05) is 5.73 Å². The van der Waals surface area contributed by atoms with Gasteiger partial charge in [0.05, 0.1) is 5.71 Å². The van der Waals surface area contributed by atoms with Gasteiger partial charge in [-0.05, 0) is 17.7 Å². The fraction of sp³-hybridized carbons (Fsp3) is 0.0588. The summed E-state index contributed by atoms with van der Waals surface area (Å²) in [5, 5.41) is 11.9. The van der Waals surface area contributed by atoms with Crippen LogP contribution in [0.5, 0.6) is 0 Å². The third-order valence-electron chi connectivity index (χ3n) is 3.58. The number of aromatic amines is 1. The number of H-pyrrole nitrogens is 1. The summed E-state index contributed by atoms with van der Waals surface area (Å²) in [6.07, 6.45) is 0.188. The molecule has 1 aromatic heterocycles. The van der Waals surface area contributed by atoms with E-state index in [0.29, 0.717) is 22.8 Å². The molecule has 5 N–H and O–H groups in total. The van der Waals surface area contributed by atoms with Crippen molar-refractivity contribution in [2.45, 2.75) is 6.42 Å². The third kappa shape index (κ3) is 3.14. The van der Waals surface area contributed by atoms with Crippen LogP contribution < -0.4 is 17.1 Å². The molecule has 0 radical (unpaired) electrons. The first-order valence-electron chi connectivity index (χ1n) is 7.32. The number of aromatic nitrogens is 3. The standard InChI is InChI=1S/C17H16N6O/c18-13-9-5-4-8-12(13)16-20-17(24)15(22-23-16)10-14(21-19)11-6-2-1-3-7-11/h1-9H,10,18-19H2,(H,20,23,24). The molecule has 0 saturated heterocycles. The quantitative estimate of drug-likeness (QED) is 0.289. The first-order chi connectivity index (χ1) is 11.7. The topological polar surface area (TPSA) is 123 Å². The van der Waals surface area contributed by atoms with Gasteiger partial charge in [-0.25, -0.2) is 0 Å². The van der Waals surface area contributed by atoms with Crippen molar-refractivity contribution in [1.29, 1.82) is 0 Å². The highest BCUT2D eigenvalue weighted by Crippen LogP contribution is 2.20. The largest absolute Gasteiger partial charge is 0.398 e. The maximum atomic E-state index is 12.3. The fourth-order valence-corrected chi connectivity index (χ4v) is 2.32. The zero-order valence-electron chi connectivity index (χ0n) is 12.8. The Bertz CT molecular complexity index is 933. The summed E-state index contributed by atoms with van der Waals surface area (Å²) in [6.45, 7) is 0. The van der Waals surface area contributed by atoms with Crippen molar-refractivity contribution in [1.82, 2.24) is 15.2 Å². The van der Waals surface area contributed by atoms with Gasteiger partial charge < -0.3 is 16.6 Å². The first-order valence-corrected chi connectivity index (χ1v) is 7.32. The van der Waals surface area contributed by atoms with Crippen LogP contribution in [0.15, 0.2) is 64.5 Å². The summed E-state index contributed by atoms with van der Waals surface area (Å²) >= 11 is 0. The van der Waals surface area contributed by atoms with Crippen LogP contribution >= 0.6 is 0 Å². The Morgan fingerprint density at radius 1 is 1.04 bits per heavy atom. The molecule has 1 heterocycles. The summed E-state index contributed by atoms with van der Waals surface area (Å²) in [5.74, 6) is 5.78. The van der Waals surface area contributed by atoms with Crippen LogP contribution in [-0.4, -0.2) is 20.9 Å². The van der Waals surface area contributed by atoms with Crippen LogP contribution in [0, 0.1) is 0 Å². The first kappa shape index (κ1) is 15.4. The molecular weight excluding hydrogens is 304 g/mol. The summed E-state index contributed by atoms with van der Waals surface area (Å²) in [7, 11) is 0. The third-order valence-corrected chi connectivity index (χ3v) is 3.58. The lowest BCUT2D eigenvalue weighted by molar-refractivity contribution is 0.889. The molecular formula is C17H16N6O. The number of nitrogens with one attached hydrogen (secondary N) is 1. The minimum atomic E-state index is -0.347. The maximum absolute atomic E-state index is 12.3. The summed E-state index contributed by atoms with van der Waals surface area (Å²) in [5.41, 5.74) is 8.32. The zero-order valence-corrected chi connectivity index (χ0v) is 12.8. The van der Waals surface area contributed by atoms with E-state index in [9.17, 15) is 4.79 Å². The monoisotopic (exact) mass is 320 g/mol. The van der Waals surface area contributed by atoms with Gasteiger partial charge in [0, 0.05) is 17.7 Å². The molecule has 0 atom stereocenters. The van der Waals surface area contributed by atoms with Crippen molar-refractivity contribution in [3.8, 4) is 11.4 Å². The number of para-hydroxylation sites is 1. The molecule has 7 heteroatoms. The Kier molecular flexibility index (Phi) is 4.33. The lowest BCUT2D eigenvalue weighted by Gasteiger charge is -2.06. The molecule has 0 saturated carbocycles. The van der Waals surface area contributed by atoms with E-state index in [2.05, 4.69) is 20.3 Å². The van der Waals surface area contributed by atoms with Crippen LogP contribution in [0.4, 0.5) is 5.69 Å². The Morgan fingerprint density at radius 3 is 2.42 bits per heavy atom. The van der Waals surface area contributed by atoms with Gasteiger partial charge in [0.15, 0.2) is 5.82 Å².